The van der Waals surface area contributed by atoms with Gasteiger partial charge in [0.25, 0.3) is 0 Å². The zero-order valence-corrected chi connectivity index (χ0v) is 16.7. The summed E-state index contributed by atoms with van der Waals surface area (Å²) < 4.78 is 10.7. The molecule has 2 aliphatic heterocycles. The molecule has 8 heteroatoms. The number of aliphatic hydroxyl groups excluding tert-OH is 1. The number of amides is 2. The molecule has 1 saturated heterocycles. The van der Waals surface area contributed by atoms with Crippen LogP contribution in [0.4, 0.5) is 10.5 Å². The van der Waals surface area contributed by atoms with Crippen LogP contribution >= 0.6 is 0 Å². The van der Waals surface area contributed by atoms with E-state index in [4.69, 9.17) is 9.47 Å². The van der Waals surface area contributed by atoms with Crippen molar-refractivity contribution in [2.75, 3.05) is 31.6 Å². The molecule has 1 aliphatic carbocycles. The van der Waals surface area contributed by atoms with Gasteiger partial charge in [0, 0.05) is 30.8 Å². The van der Waals surface area contributed by atoms with Crippen molar-refractivity contribution in [3.8, 4) is 0 Å². The molecule has 1 aromatic carbocycles. The third-order valence-corrected chi connectivity index (χ3v) is 5.73. The van der Waals surface area contributed by atoms with Crippen LogP contribution in [0.5, 0.6) is 0 Å². The number of carbonyl (C=O) groups is 2. The highest BCUT2D eigenvalue weighted by Crippen LogP contribution is 2.39. The lowest BCUT2D eigenvalue weighted by atomic mass is 9.89. The molecule has 1 aromatic rings. The summed E-state index contributed by atoms with van der Waals surface area (Å²) in [6.45, 7) is 3.39. The minimum Gasteiger partial charge on any atom is -0.465 e. The van der Waals surface area contributed by atoms with E-state index < -0.39 is 12.1 Å². The van der Waals surface area contributed by atoms with Crippen molar-refractivity contribution in [2.45, 2.75) is 51.0 Å². The molecule has 0 aromatic heterocycles. The van der Waals surface area contributed by atoms with Gasteiger partial charge >= 0.3 is 12.0 Å². The van der Waals surface area contributed by atoms with Gasteiger partial charge in [-0.1, -0.05) is 6.07 Å². The number of urea groups is 1. The molecule has 0 radical (unpaired) electrons. The highest BCUT2D eigenvalue weighted by atomic mass is 16.5. The van der Waals surface area contributed by atoms with E-state index in [1.807, 2.05) is 12.1 Å². The summed E-state index contributed by atoms with van der Waals surface area (Å²) in [5, 5.41) is 16.1. The lowest BCUT2D eigenvalue weighted by Gasteiger charge is -2.40. The van der Waals surface area contributed by atoms with E-state index in [0.29, 0.717) is 32.2 Å². The Morgan fingerprint density at radius 1 is 1.38 bits per heavy atom. The van der Waals surface area contributed by atoms with E-state index in [1.54, 1.807) is 11.8 Å². The van der Waals surface area contributed by atoms with Crippen LogP contribution in [0, 0.1) is 5.92 Å². The first-order valence-electron chi connectivity index (χ1n) is 10.4. The van der Waals surface area contributed by atoms with Crippen LogP contribution in [0.15, 0.2) is 18.2 Å². The maximum Gasteiger partial charge on any atom is 0.325 e. The molecule has 2 bridgehead atoms. The molecule has 29 heavy (non-hydrogen) atoms. The number of hydrogen-bond acceptors (Lipinski definition) is 6. The monoisotopic (exact) mass is 403 g/mol. The fourth-order valence-electron chi connectivity index (χ4n) is 3.99. The van der Waals surface area contributed by atoms with E-state index in [-0.39, 0.29) is 24.7 Å². The number of nitrogens with one attached hydrogen (secondary N) is 2. The molecule has 2 amide bonds. The third-order valence-electron chi connectivity index (χ3n) is 5.73. The standard InChI is InChI=1S/C21H29N3O5/c1-2-28-20(26)9-22-21(27)24(10-13-3-4-13)11-14-5-6-16-15(7-14)19-8-17(23-16)18(25)12-29-19/h5-7,13,17-19,23,25H,2-4,8-12H2,1H3,(H,22,27)/t17-,18+,19+/m0/s1. The molecule has 1 saturated carbocycles. The second kappa shape index (κ2) is 8.59. The summed E-state index contributed by atoms with van der Waals surface area (Å²) >= 11 is 0. The van der Waals surface area contributed by atoms with Crippen molar-refractivity contribution in [3.63, 3.8) is 0 Å². The Labute approximate surface area is 170 Å². The molecule has 0 spiro atoms. The highest BCUT2D eigenvalue weighted by molar-refractivity contribution is 5.80. The number of rotatable bonds is 7. The number of esters is 1. The quantitative estimate of drug-likeness (QED) is 0.600. The summed E-state index contributed by atoms with van der Waals surface area (Å²) in [5.41, 5.74) is 3.07. The van der Waals surface area contributed by atoms with Crippen LogP contribution < -0.4 is 10.6 Å². The van der Waals surface area contributed by atoms with Gasteiger partial charge < -0.3 is 30.1 Å². The summed E-state index contributed by atoms with van der Waals surface area (Å²) in [7, 11) is 0. The van der Waals surface area contributed by atoms with Gasteiger partial charge in [0.2, 0.25) is 0 Å². The van der Waals surface area contributed by atoms with Crippen LogP contribution in [-0.2, 0) is 20.8 Å². The third kappa shape index (κ3) is 4.82. The van der Waals surface area contributed by atoms with Crippen LogP contribution in [0.2, 0.25) is 0 Å². The van der Waals surface area contributed by atoms with Crippen LogP contribution in [0.25, 0.3) is 0 Å². The molecule has 8 nitrogen and oxygen atoms in total. The Kier molecular flexibility index (Phi) is 5.91. The predicted molar refractivity (Wildman–Crippen MR) is 106 cm³/mol. The Hall–Kier alpha value is -2.32. The zero-order chi connectivity index (χ0) is 20.4. The highest BCUT2D eigenvalue weighted by Gasteiger charge is 2.36. The first-order chi connectivity index (χ1) is 14.0. The van der Waals surface area contributed by atoms with Crippen molar-refractivity contribution in [1.82, 2.24) is 10.2 Å². The van der Waals surface area contributed by atoms with E-state index >= 15 is 0 Å². The molecule has 3 aliphatic rings. The Morgan fingerprint density at radius 2 is 2.21 bits per heavy atom. The van der Waals surface area contributed by atoms with Crippen molar-refractivity contribution in [3.05, 3.63) is 29.3 Å². The van der Waals surface area contributed by atoms with Gasteiger partial charge in [0.05, 0.1) is 31.5 Å². The van der Waals surface area contributed by atoms with E-state index in [2.05, 4.69) is 16.7 Å². The molecule has 2 fully saturated rings. The van der Waals surface area contributed by atoms with Gasteiger partial charge in [0.1, 0.15) is 6.54 Å². The lowest BCUT2D eigenvalue weighted by Crippen LogP contribution is -2.46. The van der Waals surface area contributed by atoms with E-state index in [1.165, 1.54) is 0 Å². The van der Waals surface area contributed by atoms with Gasteiger partial charge in [-0.15, -0.1) is 0 Å². The summed E-state index contributed by atoms with van der Waals surface area (Å²) in [6, 6.07) is 5.85. The number of benzene rings is 1. The maximum atomic E-state index is 12.7. The fourth-order valence-corrected chi connectivity index (χ4v) is 3.99. The lowest BCUT2D eigenvalue weighted by molar-refractivity contribution is -0.141. The van der Waals surface area contributed by atoms with Crippen LogP contribution in [0.3, 0.4) is 0 Å². The van der Waals surface area contributed by atoms with Crippen molar-refractivity contribution >= 4 is 17.7 Å². The summed E-state index contributed by atoms with van der Waals surface area (Å²) in [5.74, 6) is 0.102. The molecular weight excluding hydrogens is 374 g/mol. The maximum absolute atomic E-state index is 12.7. The molecule has 3 atom stereocenters. The molecule has 4 rings (SSSR count). The van der Waals surface area contributed by atoms with E-state index in [0.717, 1.165) is 36.1 Å². The van der Waals surface area contributed by atoms with Gasteiger partial charge in [-0.25, -0.2) is 4.79 Å². The Bertz CT molecular complexity index is 767. The second-order valence-electron chi connectivity index (χ2n) is 8.09. The number of carbonyl (C=O) groups excluding carboxylic acids is 2. The first-order valence-corrected chi connectivity index (χ1v) is 10.4. The molecule has 0 unspecified atom stereocenters. The topological polar surface area (TPSA) is 100 Å². The molecule has 2 heterocycles. The van der Waals surface area contributed by atoms with E-state index in [9.17, 15) is 14.7 Å². The molecule has 3 N–H and O–H groups in total. The fraction of sp³-hybridized carbons (Fsp3) is 0.619. The number of fused-ring (bicyclic) bond motifs is 4. The Balaban J connectivity index is 1.44. The number of hydrogen-bond donors (Lipinski definition) is 3. The number of anilines is 1. The number of ether oxygens (including phenoxy) is 2. The van der Waals surface area contributed by atoms with Gasteiger partial charge in [-0.3, -0.25) is 4.79 Å². The number of nitrogens with zero attached hydrogens (tertiary/aromatic N) is 1. The zero-order valence-electron chi connectivity index (χ0n) is 16.7. The molecule has 158 valence electrons. The minimum absolute atomic E-state index is 0.0205. The van der Waals surface area contributed by atoms with Crippen LogP contribution in [-0.4, -0.2) is 60.5 Å². The second-order valence-corrected chi connectivity index (χ2v) is 8.09. The smallest absolute Gasteiger partial charge is 0.325 e. The van der Waals surface area contributed by atoms with Crippen molar-refractivity contribution < 1.29 is 24.2 Å². The van der Waals surface area contributed by atoms with Crippen LogP contribution in [0.1, 0.15) is 43.4 Å². The largest absolute Gasteiger partial charge is 0.465 e. The predicted octanol–water partition coefficient (Wildman–Crippen LogP) is 1.79. The van der Waals surface area contributed by atoms with Gasteiger partial charge in [0.15, 0.2) is 0 Å². The first kappa shape index (κ1) is 20.0. The minimum atomic E-state index is -0.490. The average molecular weight is 403 g/mol. The average Bonchev–Trinajstić information content (AvgIpc) is 3.53. The summed E-state index contributed by atoms with van der Waals surface area (Å²) in [6.07, 6.45) is 2.49. The number of aliphatic hydroxyl groups is 1. The normalized spacial score (nSPS) is 24.8. The van der Waals surface area contributed by atoms with Gasteiger partial charge in [-0.05, 0) is 43.4 Å². The molecular formula is C21H29N3O5. The van der Waals surface area contributed by atoms with Gasteiger partial charge in [-0.2, -0.15) is 0 Å². The SMILES string of the molecule is CCOC(=O)CNC(=O)N(Cc1ccc2c(c1)[C@H]1C[C@H](N2)[C@H](O)CO1)CC1CC1. The van der Waals surface area contributed by atoms with Crippen molar-refractivity contribution in [2.24, 2.45) is 5.92 Å². The van der Waals surface area contributed by atoms with Crippen molar-refractivity contribution in [1.29, 1.82) is 0 Å². The Morgan fingerprint density at radius 3 is 2.97 bits per heavy atom. The summed E-state index contributed by atoms with van der Waals surface area (Å²) in [4.78, 5) is 26.0.